The molecular weight excluding hydrogens is 376 g/mol. The average Bonchev–Trinajstić information content (AvgIpc) is 2.45. The Morgan fingerprint density at radius 1 is 0.571 bits per heavy atom. The van der Waals surface area contributed by atoms with E-state index in [0.717, 1.165) is 6.54 Å². The van der Waals surface area contributed by atoms with Crippen LogP contribution in [0, 0.1) is 0 Å². The van der Waals surface area contributed by atoms with Crippen molar-refractivity contribution in [1.82, 2.24) is 4.90 Å². The first-order valence-corrected chi connectivity index (χ1v) is 13.8. The van der Waals surface area contributed by atoms with Crippen molar-refractivity contribution in [2.45, 2.75) is 110 Å². The molecule has 1 nitrogen and oxygen atoms in total. The Bertz CT molecular complexity index is 520. The minimum atomic E-state index is -0.144. The molecule has 0 saturated heterocycles. The van der Waals surface area contributed by atoms with Gasteiger partial charge in [-0.3, -0.25) is 4.90 Å². The Balaban J connectivity index is 3.24. The lowest BCUT2D eigenvalue weighted by Crippen LogP contribution is -2.37. The van der Waals surface area contributed by atoms with Crippen LogP contribution in [0.4, 0.5) is 0 Å². The van der Waals surface area contributed by atoms with Gasteiger partial charge in [-0.2, -0.15) is 0 Å². The van der Waals surface area contributed by atoms with Crippen LogP contribution in [0.1, 0.15) is 88.6 Å². The Hall–Kier alpha value is 0.0400. The van der Waals surface area contributed by atoms with Gasteiger partial charge in [-0.25, -0.2) is 0 Å². The van der Waals surface area contributed by atoms with E-state index in [4.69, 9.17) is 0 Å². The molecule has 3 heteroatoms. The van der Waals surface area contributed by atoms with E-state index in [1.807, 2.05) is 0 Å². The highest BCUT2D eigenvalue weighted by atomic mass is 31.1. The fourth-order valence-corrected chi connectivity index (χ4v) is 11.3. The molecule has 0 atom stereocenters. The first kappa shape index (κ1) is 26.1. The van der Waals surface area contributed by atoms with Gasteiger partial charge in [0.05, 0.1) is 0 Å². The number of rotatable bonds is 6. The number of benzene rings is 1. The highest BCUT2D eigenvalue weighted by molar-refractivity contribution is 7.61. The van der Waals surface area contributed by atoms with Gasteiger partial charge in [-0.15, -0.1) is 0 Å². The highest BCUT2D eigenvalue weighted by Gasteiger charge is 2.39. The summed E-state index contributed by atoms with van der Waals surface area (Å²) in [5.74, 6) is 0. The van der Waals surface area contributed by atoms with E-state index >= 15 is 0 Å². The first-order chi connectivity index (χ1) is 12.4. The summed E-state index contributed by atoms with van der Waals surface area (Å²) >= 11 is 0. The third-order valence-electron chi connectivity index (χ3n) is 5.17. The molecule has 0 spiro atoms. The fraction of sp³-hybridized carbons (Fsp3) is 0.760. The monoisotopic (exact) mass is 423 g/mol. The van der Waals surface area contributed by atoms with Gasteiger partial charge in [-0.1, -0.05) is 129 Å². The maximum Gasteiger partial charge on any atom is 0.0241 e. The van der Waals surface area contributed by atoms with Crippen molar-refractivity contribution in [2.24, 2.45) is 0 Å². The summed E-state index contributed by atoms with van der Waals surface area (Å²) in [6.45, 7) is 30.4. The third kappa shape index (κ3) is 8.42. The van der Waals surface area contributed by atoms with Gasteiger partial charge in [-0.05, 0) is 26.2 Å². The topological polar surface area (TPSA) is 3.24 Å². The van der Waals surface area contributed by atoms with E-state index in [2.05, 4.69) is 118 Å². The Labute approximate surface area is 179 Å². The molecule has 0 aliphatic rings. The predicted octanol–water partition coefficient (Wildman–Crippen LogP) is 8.56. The van der Waals surface area contributed by atoms with Crippen LogP contribution >= 0.6 is 15.8 Å². The smallest absolute Gasteiger partial charge is 0.0241 e. The normalized spacial score (nSPS) is 14.4. The second-order valence-electron chi connectivity index (χ2n) is 12.1. The quantitative estimate of drug-likeness (QED) is 0.414. The van der Waals surface area contributed by atoms with Crippen LogP contribution in [0.3, 0.4) is 0 Å². The number of hydrogen-bond donors (Lipinski definition) is 0. The van der Waals surface area contributed by atoms with Crippen LogP contribution in [-0.2, 0) is 6.54 Å². The van der Waals surface area contributed by atoms with Crippen LogP contribution in [0.2, 0.25) is 0 Å². The van der Waals surface area contributed by atoms with Gasteiger partial charge in [0.2, 0.25) is 0 Å². The lowest BCUT2D eigenvalue weighted by Gasteiger charge is -2.48. The molecule has 0 radical (unpaired) electrons. The highest BCUT2D eigenvalue weighted by Crippen LogP contribution is 2.63. The van der Waals surface area contributed by atoms with Gasteiger partial charge in [0.25, 0.3) is 0 Å². The molecule has 1 aromatic carbocycles. The van der Waals surface area contributed by atoms with E-state index in [-0.39, 0.29) is 15.8 Å². The summed E-state index contributed by atoms with van der Waals surface area (Å²) in [5.41, 5.74) is 1.44. The molecule has 0 N–H and O–H groups in total. The number of hydrogen-bond acceptors (Lipinski definition) is 1. The first-order valence-electron chi connectivity index (χ1n) is 10.7. The SMILES string of the molecule is CC(C)(C)P(CN(Cc1ccccc1)CP(C(C)(C)C)C(C)(C)C)C(C)(C)C. The molecule has 0 saturated carbocycles. The molecule has 162 valence electrons. The second kappa shape index (κ2) is 9.45. The Kier molecular flexibility index (Phi) is 8.80. The summed E-state index contributed by atoms with van der Waals surface area (Å²) in [6, 6.07) is 11.1. The van der Waals surface area contributed by atoms with Crippen LogP contribution in [0.5, 0.6) is 0 Å². The van der Waals surface area contributed by atoms with Crippen LogP contribution in [0.15, 0.2) is 30.3 Å². The lowest BCUT2D eigenvalue weighted by molar-refractivity contribution is 0.354. The van der Waals surface area contributed by atoms with E-state index < -0.39 is 0 Å². The van der Waals surface area contributed by atoms with Crippen molar-refractivity contribution in [2.75, 3.05) is 12.6 Å². The summed E-state index contributed by atoms with van der Waals surface area (Å²) in [6.07, 6.45) is 2.45. The average molecular weight is 424 g/mol. The molecule has 0 aromatic heterocycles. The number of nitrogens with zero attached hydrogens (tertiary/aromatic N) is 1. The minimum absolute atomic E-state index is 0.144. The molecule has 1 rings (SSSR count). The van der Waals surface area contributed by atoms with Gasteiger partial charge >= 0.3 is 0 Å². The van der Waals surface area contributed by atoms with Gasteiger partial charge in [0.15, 0.2) is 0 Å². The summed E-state index contributed by atoms with van der Waals surface area (Å²) in [4.78, 5) is 2.81. The van der Waals surface area contributed by atoms with Crippen LogP contribution in [-0.4, -0.2) is 38.1 Å². The van der Waals surface area contributed by atoms with Gasteiger partial charge in [0, 0.05) is 19.1 Å². The third-order valence-corrected chi connectivity index (χ3v) is 13.0. The van der Waals surface area contributed by atoms with Crippen molar-refractivity contribution >= 4 is 15.8 Å². The fourth-order valence-electron chi connectivity index (χ4n) is 4.25. The second-order valence-corrected chi connectivity index (χ2v) is 19.8. The molecule has 28 heavy (non-hydrogen) atoms. The van der Waals surface area contributed by atoms with Gasteiger partial charge in [0.1, 0.15) is 0 Å². The zero-order chi connectivity index (χ0) is 22.0. The summed E-state index contributed by atoms with van der Waals surface area (Å²) in [7, 11) is -0.289. The molecule has 0 aliphatic heterocycles. The molecular formula is C25H47NP2. The van der Waals surface area contributed by atoms with Crippen LogP contribution < -0.4 is 0 Å². The van der Waals surface area contributed by atoms with E-state index in [9.17, 15) is 0 Å². The molecule has 0 bridgehead atoms. The Morgan fingerprint density at radius 2 is 0.893 bits per heavy atom. The molecule has 0 unspecified atom stereocenters. The lowest BCUT2D eigenvalue weighted by atomic mass is 10.2. The zero-order valence-corrected chi connectivity index (χ0v) is 22.6. The molecule has 0 fully saturated rings. The maximum atomic E-state index is 2.81. The summed E-state index contributed by atoms with van der Waals surface area (Å²) in [5, 5.41) is 1.42. The van der Waals surface area contributed by atoms with Crippen molar-refractivity contribution in [3.63, 3.8) is 0 Å². The van der Waals surface area contributed by atoms with Crippen molar-refractivity contribution in [3.05, 3.63) is 35.9 Å². The van der Waals surface area contributed by atoms with Crippen molar-refractivity contribution in [1.29, 1.82) is 0 Å². The molecule has 0 heterocycles. The summed E-state index contributed by atoms with van der Waals surface area (Å²) < 4.78 is 0. The van der Waals surface area contributed by atoms with E-state index in [1.54, 1.807) is 0 Å². The largest absolute Gasteiger partial charge is 0.291 e. The maximum absolute atomic E-state index is 2.81. The standard InChI is InChI=1S/C25H47NP2/c1-22(2,3)27(23(4,5)6)19-26(18-21-16-14-13-15-17-21)20-28(24(7,8)9)25(10,11)12/h13-17H,18-20H2,1-12H3. The predicted molar refractivity (Wildman–Crippen MR) is 135 cm³/mol. The molecule has 0 aliphatic carbocycles. The molecule has 1 aromatic rings. The molecule has 0 amide bonds. The van der Waals surface area contributed by atoms with Gasteiger partial charge < -0.3 is 0 Å². The minimum Gasteiger partial charge on any atom is -0.291 e. The van der Waals surface area contributed by atoms with Crippen molar-refractivity contribution in [3.8, 4) is 0 Å². The van der Waals surface area contributed by atoms with Crippen LogP contribution in [0.25, 0.3) is 0 Å². The van der Waals surface area contributed by atoms with Crippen molar-refractivity contribution < 1.29 is 0 Å². The zero-order valence-electron chi connectivity index (χ0n) is 20.8. The van der Waals surface area contributed by atoms with E-state index in [0.29, 0.717) is 20.6 Å². The van der Waals surface area contributed by atoms with E-state index in [1.165, 1.54) is 18.1 Å². The Morgan fingerprint density at radius 3 is 1.18 bits per heavy atom.